The number of ether oxygens (including phenoxy) is 1. The lowest BCUT2D eigenvalue weighted by atomic mass is 9.92. The summed E-state index contributed by atoms with van der Waals surface area (Å²) in [5, 5.41) is 8.84. The van der Waals surface area contributed by atoms with Crippen LogP contribution < -0.4 is 10.6 Å². The van der Waals surface area contributed by atoms with E-state index in [1.807, 2.05) is 6.92 Å². The van der Waals surface area contributed by atoms with Crippen molar-refractivity contribution in [3.63, 3.8) is 0 Å². The van der Waals surface area contributed by atoms with Crippen LogP contribution in [-0.2, 0) is 10.2 Å². The molecule has 0 radical (unpaired) electrons. The number of unbranched alkanes of at least 4 members (excludes halogenated alkanes) is 1. The highest BCUT2D eigenvalue weighted by molar-refractivity contribution is 14.0. The van der Waals surface area contributed by atoms with Gasteiger partial charge in [0.05, 0.1) is 6.54 Å². The van der Waals surface area contributed by atoms with E-state index in [0.717, 1.165) is 51.6 Å². The number of thiophene rings is 1. The molecule has 0 aliphatic heterocycles. The minimum atomic E-state index is 0. The smallest absolute Gasteiger partial charge is 0.191 e. The predicted molar refractivity (Wildman–Crippen MR) is 112 cm³/mol. The van der Waals surface area contributed by atoms with Crippen molar-refractivity contribution in [2.24, 2.45) is 4.99 Å². The standard InChI is InChI=1S/C17H31N3OS.HI/c1-5-18-16(19-11-7-8-12-21-6-2)20-14-17(3,4)15-10-9-13-22-15;/h9-10,13H,5-8,11-12,14H2,1-4H3,(H2,18,19,20);1H. The highest BCUT2D eigenvalue weighted by Crippen LogP contribution is 2.27. The van der Waals surface area contributed by atoms with Gasteiger partial charge in [-0.3, -0.25) is 4.99 Å². The fraction of sp³-hybridized carbons (Fsp3) is 0.706. The van der Waals surface area contributed by atoms with Gasteiger partial charge in [-0.05, 0) is 38.1 Å². The first kappa shape index (κ1) is 22.7. The molecular weight excluding hydrogens is 421 g/mol. The number of nitrogens with one attached hydrogen (secondary N) is 2. The number of guanidine groups is 1. The van der Waals surface area contributed by atoms with Crippen molar-refractivity contribution in [2.45, 2.75) is 46.0 Å². The molecule has 1 heterocycles. The van der Waals surface area contributed by atoms with Crippen molar-refractivity contribution in [3.05, 3.63) is 22.4 Å². The number of rotatable bonds is 10. The van der Waals surface area contributed by atoms with Gasteiger partial charge in [0, 0.05) is 36.6 Å². The van der Waals surface area contributed by atoms with Crippen LogP contribution in [0.4, 0.5) is 0 Å². The van der Waals surface area contributed by atoms with Crippen LogP contribution in [-0.4, -0.2) is 38.8 Å². The molecule has 1 aromatic rings. The van der Waals surface area contributed by atoms with E-state index >= 15 is 0 Å². The van der Waals surface area contributed by atoms with Gasteiger partial charge in [-0.1, -0.05) is 19.9 Å². The van der Waals surface area contributed by atoms with Gasteiger partial charge < -0.3 is 15.4 Å². The van der Waals surface area contributed by atoms with Crippen molar-refractivity contribution in [2.75, 3.05) is 32.8 Å². The number of hydrogen-bond acceptors (Lipinski definition) is 3. The number of halogens is 1. The maximum atomic E-state index is 5.35. The molecule has 0 atom stereocenters. The molecule has 4 nitrogen and oxygen atoms in total. The Morgan fingerprint density at radius 3 is 2.65 bits per heavy atom. The van der Waals surface area contributed by atoms with Crippen LogP contribution in [0.25, 0.3) is 0 Å². The topological polar surface area (TPSA) is 45.7 Å². The lowest BCUT2D eigenvalue weighted by Crippen LogP contribution is -2.39. The van der Waals surface area contributed by atoms with Crippen molar-refractivity contribution in [3.8, 4) is 0 Å². The molecule has 0 aromatic carbocycles. The second-order valence-corrected chi connectivity index (χ2v) is 6.83. The van der Waals surface area contributed by atoms with Gasteiger partial charge >= 0.3 is 0 Å². The summed E-state index contributed by atoms with van der Waals surface area (Å²) in [5.41, 5.74) is 0.0749. The first-order valence-corrected chi connectivity index (χ1v) is 9.12. The van der Waals surface area contributed by atoms with Crippen molar-refractivity contribution in [1.82, 2.24) is 10.6 Å². The molecule has 1 aromatic heterocycles. The molecular formula is C17H32IN3OS. The van der Waals surface area contributed by atoms with Crippen LogP contribution in [0, 0.1) is 0 Å². The van der Waals surface area contributed by atoms with E-state index in [-0.39, 0.29) is 29.4 Å². The number of aliphatic imine (C=N–C) groups is 1. The molecule has 2 N–H and O–H groups in total. The van der Waals surface area contributed by atoms with E-state index in [0.29, 0.717) is 0 Å². The molecule has 0 unspecified atom stereocenters. The Morgan fingerprint density at radius 1 is 1.26 bits per heavy atom. The first-order valence-electron chi connectivity index (χ1n) is 8.24. The largest absolute Gasteiger partial charge is 0.382 e. The van der Waals surface area contributed by atoms with E-state index in [9.17, 15) is 0 Å². The Labute approximate surface area is 162 Å². The zero-order valence-corrected chi connectivity index (χ0v) is 18.0. The summed E-state index contributed by atoms with van der Waals surface area (Å²) >= 11 is 1.80. The molecule has 6 heteroatoms. The highest BCUT2D eigenvalue weighted by atomic mass is 127. The molecule has 0 aliphatic carbocycles. The van der Waals surface area contributed by atoms with E-state index in [2.05, 4.69) is 48.9 Å². The third-order valence-corrected chi connectivity index (χ3v) is 4.61. The predicted octanol–water partition coefficient (Wildman–Crippen LogP) is 4.02. The Kier molecular flexibility index (Phi) is 12.8. The molecule has 0 spiro atoms. The summed E-state index contributed by atoms with van der Waals surface area (Å²) in [4.78, 5) is 6.12. The summed E-state index contributed by atoms with van der Waals surface area (Å²) in [6, 6.07) is 4.29. The van der Waals surface area contributed by atoms with Gasteiger partial charge in [0.15, 0.2) is 5.96 Å². The first-order chi connectivity index (χ1) is 10.6. The number of hydrogen-bond donors (Lipinski definition) is 2. The minimum absolute atomic E-state index is 0. The molecule has 0 saturated heterocycles. The molecule has 0 aliphatic rings. The van der Waals surface area contributed by atoms with E-state index in [1.54, 1.807) is 11.3 Å². The summed E-state index contributed by atoms with van der Waals surface area (Å²) < 4.78 is 5.35. The van der Waals surface area contributed by atoms with E-state index in [4.69, 9.17) is 9.73 Å². The monoisotopic (exact) mass is 453 g/mol. The normalized spacial score (nSPS) is 11.9. The van der Waals surface area contributed by atoms with E-state index in [1.165, 1.54) is 4.88 Å². The van der Waals surface area contributed by atoms with Crippen molar-refractivity contribution < 1.29 is 4.74 Å². The van der Waals surface area contributed by atoms with Gasteiger partial charge in [0.2, 0.25) is 0 Å². The summed E-state index contributed by atoms with van der Waals surface area (Å²) in [5.74, 6) is 0.906. The molecule has 0 saturated carbocycles. The summed E-state index contributed by atoms with van der Waals surface area (Å²) in [7, 11) is 0. The second kappa shape index (κ2) is 13.0. The molecule has 0 bridgehead atoms. The van der Waals surface area contributed by atoms with Gasteiger partial charge in [-0.25, -0.2) is 0 Å². The Bertz CT molecular complexity index is 421. The molecule has 134 valence electrons. The van der Waals surface area contributed by atoms with Crippen LogP contribution in [0.5, 0.6) is 0 Å². The molecule has 0 fully saturated rings. The van der Waals surface area contributed by atoms with Crippen LogP contribution >= 0.6 is 35.3 Å². The summed E-state index contributed by atoms with van der Waals surface area (Å²) in [6.07, 6.45) is 2.18. The Balaban J connectivity index is 0.00000484. The van der Waals surface area contributed by atoms with Crippen LogP contribution in [0.1, 0.15) is 45.4 Å². The third-order valence-electron chi connectivity index (χ3n) is 3.38. The highest BCUT2D eigenvalue weighted by Gasteiger charge is 2.21. The van der Waals surface area contributed by atoms with Gasteiger partial charge in [0.25, 0.3) is 0 Å². The Hall–Kier alpha value is -0.340. The second-order valence-electron chi connectivity index (χ2n) is 5.89. The van der Waals surface area contributed by atoms with Crippen LogP contribution in [0.2, 0.25) is 0 Å². The third kappa shape index (κ3) is 9.52. The SMILES string of the molecule is CCNC(=NCC(C)(C)c1cccs1)NCCCCOCC.I. The zero-order chi connectivity index (χ0) is 16.3. The molecule has 23 heavy (non-hydrogen) atoms. The van der Waals surface area contributed by atoms with E-state index < -0.39 is 0 Å². The fourth-order valence-electron chi connectivity index (χ4n) is 2.04. The van der Waals surface area contributed by atoms with Crippen molar-refractivity contribution >= 4 is 41.3 Å². The van der Waals surface area contributed by atoms with Gasteiger partial charge in [0.1, 0.15) is 0 Å². The zero-order valence-electron chi connectivity index (χ0n) is 14.9. The maximum Gasteiger partial charge on any atom is 0.191 e. The lowest BCUT2D eigenvalue weighted by Gasteiger charge is -2.21. The molecule has 0 amide bonds. The van der Waals surface area contributed by atoms with Crippen LogP contribution in [0.15, 0.2) is 22.5 Å². The maximum absolute atomic E-state index is 5.35. The molecule has 1 rings (SSSR count). The van der Waals surface area contributed by atoms with Crippen molar-refractivity contribution in [1.29, 1.82) is 0 Å². The van der Waals surface area contributed by atoms with Gasteiger partial charge in [-0.2, -0.15) is 0 Å². The average Bonchev–Trinajstić information content (AvgIpc) is 3.03. The Morgan fingerprint density at radius 2 is 2.04 bits per heavy atom. The lowest BCUT2D eigenvalue weighted by molar-refractivity contribution is 0.143. The van der Waals surface area contributed by atoms with Gasteiger partial charge in [-0.15, -0.1) is 35.3 Å². The summed E-state index contributed by atoms with van der Waals surface area (Å²) in [6.45, 7) is 12.8. The minimum Gasteiger partial charge on any atom is -0.382 e. The quantitative estimate of drug-likeness (QED) is 0.244. The van der Waals surface area contributed by atoms with Crippen LogP contribution in [0.3, 0.4) is 0 Å². The fourth-order valence-corrected chi connectivity index (χ4v) is 2.88. The average molecular weight is 453 g/mol. The number of nitrogens with zero attached hydrogens (tertiary/aromatic N) is 1.